The van der Waals surface area contributed by atoms with Crippen LogP contribution in [0.5, 0.6) is 0 Å². The minimum Gasteiger partial charge on any atom is -0.329 e. The quantitative estimate of drug-likeness (QED) is 0.552. The lowest BCUT2D eigenvalue weighted by molar-refractivity contribution is -0.126. The molecule has 0 unspecified atom stereocenters. The van der Waals surface area contributed by atoms with Crippen molar-refractivity contribution in [3.63, 3.8) is 0 Å². The van der Waals surface area contributed by atoms with Crippen molar-refractivity contribution in [3.05, 3.63) is 0 Å². The first-order chi connectivity index (χ1) is 4.33. The average Bonchev–Trinajstić information content (AvgIpc) is 1.60. The lowest BCUT2D eigenvalue weighted by Crippen LogP contribution is -2.29. The largest absolute Gasteiger partial charge is 0.329 e. The number of carbonyl (C=O) groups is 1. The van der Waals surface area contributed by atoms with Gasteiger partial charge in [0.05, 0.1) is 0 Å². The predicted molar refractivity (Wildman–Crippen MR) is 34.9 cm³/mol. The van der Waals surface area contributed by atoms with Gasteiger partial charge in [-0.1, -0.05) is 0 Å². The fourth-order valence-corrected chi connectivity index (χ4v) is 1.01. The van der Waals surface area contributed by atoms with Gasteiger partial charge in [0.1, 0.15) is 5.88 Å². The van der Waals surface area contributed by atoms with Gasteiger partial charge >= 0.3 is 0 Å². The van der Waals surface area contributed by atoms with Gasteiger partial charge in [-0.2, -0.15) is 8.42 Å². The van der Waals surface area contributed by atoms with Crippen molar-refractivity contribution >= 4 is 16.0 Å². The van der Waals surface area contributed by atoms with Crippen molar-refractivity contribution in [2.45, 2.75) is 6.92 Å². The molecule has 60 valence electrons. The first-order valence-corrected chi connectivity index (χ1v) is 4.10. The zero-order chi connectivity index (χ0) is 8.36. The van der Waals surface area contributed by atoms with Crippen molar-refractivity contribution < 1.29 is 17.8 Å². The third kappa shape index (κ3) is 4.28. The summed E-state index contributed by atoms with van der Waals surface area (Å²) >= 11 is 0. The van der Waals surface area contributed by atoms with Crippen LogP contribution in [-0.4, -0.2) is 36.7 Å². The molecule has 1 N–H and O–H groups in total. The van der Waals surface area contributed by atoms with Gasteiger partial charge in [-0.25, -0.2) is 0 Å². The fraction of sp³-hybridized carbons (Fsp3) is 0.750. The normalized spacial score (nSPS) is 11.1. The Balaban J connectivity index is 4.06. The Hall–Kier alpha value is -0.620. The van der Waals surface area contributed by atoms with Crippen LogP contribution in [0, 0.1) is 0 Å². The molecule has 0 aliphatic rings. The molecule has 0 radical (unpaired) electrons. The third-order valence-corrected chi connectivity index (χ3v) is 1.61. The molecule has 0 heterocycles. The van der Waals surface area contributed by atoms with Crippen LogP contribution in [0.1, 0.15) is 6.92 Å². The van der Waals surface area contributed by atoms with Gasteiger partial charge < -0.3 is 4.90 Å². The van der Waals surface area contributed by atoms with Crippen LogP contribution < -0.4 is 0 Å². The molecule has 0 atom stereocenters. The first kappa shape index (κ1) is 9.38. The molecule has 0 bridgehead atoms. The summed E-state index contributed by atoms with van der Waals surface area (Å²) in [4.78, 5) is 11.3. The van der Waals surface area contributed by atoms with Gasteiger partial charge in [0.2, 0.25) is 5.91 Å². The summed E-state index contributed by atoms with van der Waals surface area (Å²) in [6.45, 7) is 1.21. The lowest BCUT2D eigenvalue weighted by Gasteiger charge is -2.10. The van der Waals surface area contributed by atoms with E-state index in [1.807, 2.05) is 0 Å². The second-order valence-electron chi connectivity index (χ2n) is 1.93. The molecule has 0 aromatic rings. The van der Waals surface area contributed by atoms with Crippen molar-refractivity contribution in [1.29, 1.82) is 0 Å². The maximum atomic E-state index is 10.4. The predicted octanol–water partition coefficient (Wildman–Crippen LogP) is -0.690. The van der Waals surface area contributed by atoms with E-state index in [9.17, 15) is 13.2 Å². The highest BCUT2D eigenvalue weighted by atomic mass is 32.2. The SMILES string of the molecule is CC(=O)N(C)CS(=O)(=O)O. The highest BCUT2D eigenvalue weighted by Crippen LogP contribution is 1.88. The van der Waals surface area contributed by atoms with Crippen LogP contribution in [0.3, 0.4) is 0 Å². The number of amides is 1. The summed E-state index contributed by atoms with van der Waals surface area (Å²) in [7, 11) is -2.78. The molecule has 0 fully saturated rings. The number of hydrogen-bond acceptors (Lipinski definition) is 3. The van der Waals surface area contributed by atoms with E-state index in [0.29, 0.717) is 0 Å². The Morgan fingerprint density at radius 3 is 2.10 bits per heavy atom. The van der Waals surface area contributed by atoms with E-state index in [4.69, 9.17) is 4.55 Å². The Bertz CT molecular complexity index is 219. The van der Waals surface area contributed by atoms with Gasteiger partial charge in [-0.15, -0.1) is 0 Å². The summed E-state index contributed by atoms with van der Waals surface area (Å²) < 4.78 is 28.4. The topological polar surface area (TPSA) is 74.7 Å². The molecule has 5 nitrogen and oxygen atoms in total. The van der Waals surface area contributed by atoms with Crippen molar-refractivity contribution in [1.82, 2.24) is 4.90 Å². The molecule has 10 heavy (non-hydrogen) atoms. The van der Waals surface area contributed by atoms with Crippen LogP contribution in [0.4, 0.5) is 0 Å². The molecular formula is C4H9NO4S. The zero-order valence-corrected chi connectivity index (χ0v) is 6.55. The monoisotopic (exact) mass is 167 g/mol. The molecule has 0 saturated carbocycles. The highest BCUT2D eigenvalue weighted by molar-refractivity contribution is 7.85. The third-order valence-electron chi connectivity index (χ3n) is 0.894. The fourth-order valence-electron chi connectivity index (χ4n) is 0.336. The summed E-state index contributed by atoms with van der Waals surface area (Å²) in [5.41, 5.74) is 0. The molecular weight excluding hydrogens is 158 g/mol. The molecule has 0 aliphatic carbocycles. The Morgan fingerprint density at radius 2 is 2.00 bits per heavy atom. The average molecular weight is 167 g/mol. The smallest absolute Gasteiger partial charge is 0.283 e. The second-order valence-corrected chi connectivity index (χ2v) is 3.35. The summed E-state index contributed by atoms with van der Waals surface area (Å²) in [6.07, 6.45) is 0. The van der Waals surface area contributed by atoms with Crippen LogP contribution in [0.15, 0.2) is 0 Å². The molecule has 1 amide bonds. The molecule has 0 aromatic carbocycles. The zero-order valence-electron chi connectivity index (χ0n) is 5.73. The van der Waals surface area contributed by atoms with Gasteiger partial charge in [0.25, 0.3) is 10.1 Å². The molecule has 0 saturated heterocycles. The van der Waals surface area contributed by atoms with Crippen LogP contribution >= 0.6 is 0 Å². The molecule has 0 aliphatic heterocycles. The number of hydrogen-bond donors (Lipinski definition) is 1. The van der Waals surface area contributed by atoms with Crippen LogP contribution in [0.2, 0.25) is 0 Å². The Kier molecular flexibility index (Phi) is 2.79. The first-order valence-electron chi connectivity index (χ1n) is 2.50. The minimum atomic E-state index is -4.06. The number of rotatable bonds is 2. The van der Waals surface area contributed by atoms with Gasteiger partial charge in [-0.3, -0.25) is 9.35 Å². The summed E-state index contributed by atoms with van der Waals surface area (Å²) in [6, 6.07) is 0. The van der Waals surface area contributed by atoms with E-state index in [0.717, 1.165) is 4.90 Å². The molecule has 0 aromatic heterocycles. The molecule has 0 rings (SSSR count). The van der Waals surface area contributed by atoms with E-state index < -0.39 is 21.9 Å². The minimum absolute atomic E-state index is 0.405. The van der Waals surface area contributed by atoms with Crippen molar-refractivity contribution in [2.75, 3.05) is 12.9 Å². The van der Waals surface area contributed by atoms with Crippen LogP contribution in [-0.2, 0) is 14.9 Å². The van der Waals surface area contributed by atoms with Crippen molar-refractivity contribution in [2.24, 2.45) is 0 Å². The standard InChI is InChI=1S/C4H9NO4S/c1-4(6)5(2)3-10(7,8)9/h3H2,1-2H3,(H,7,8,9). The van der Waals surface area contributed by atoms with E-state index in [-0.39, 0.29) is 0 Å². The summed E-state index contributed by atoms with van der Waals surface area (Å²) in [5.74, 6) is -1.06. The summed E-state index contributed by atoms with van der Waals surface area (Å²) in [5, 5.41) is 0. The maximum absolute atomic E-state index is 10.4. The highest BCUT2D eigenvalue weighted by Gasteiger charge is 2.10. The Labute approximate surface area is 59.4 Å². The number of carbonyl (C=O) groups excluding carboxylic acids is 1. The maximum Gasteiger partial charge on any atom is 0.283 e. The molecule has 0 spiro atoms. The van der Waals surface area contributed by atoms with Gasteiger partial charge in [-0.05, 0) is 0 Å². The van der Waals surface area contributed by atoms with E-state index in [1.165, 1.54) is 14.0 Å². The van der Waals surface area contributed by atoms with Crippen LogP contribution in [0.25, 0.3) is 0 Å². The second kappa shape index (κ2) is 2.98. The van der Waals surface area contributed by atoms with Gasteiger partial charge in [0.15, 0.2) is 0 Å². The number of nitrogens with zero attached hydrogens (tertiary/aromatic N) is 1. The van der Waals surface area contributed by atoms with E-state index in [2.05, 4.69) is 0 Å². The van der Waals surface area contributed by atoms with Gasteiger partial charge in [0, 0.05) is 14.0 Å². The molecule has 6 heteroatoms. The van der Waals surface area contributed by atoms with E-state index >= 15 is 0 Å². The van der Waals surface area contributed by atoms with E-state index in [1.54, 1.807) is 0 Å². The Morgan fingerprint density at radius 1 is 1.60 bits per heavy atom. The lowest BCUT2D eigenvalue weighted by atomic mass is 10.6. The van der Waals surface area contributed by atoms with Crippen molar-refractivity contribution in [3.8, 4) is 0 Å².